The Hall–Kier alpha value is -2.47. The highest BCUT2D eigenvalue weighted by molar-refractivity contribution is 5.63. The zero-order valence-electron chi connectivity index (χ0n) is 11.4. The minimum absolute atomic E-state index is 0.124. The second-order valence-electron chi connectivity index (χ2n) is 4.59. The Morgan fingerprint density at radius 2 is 1.90 bits per heavy atom. The van der Waals surface area contributed by atoms with Gasteiger partial charge in [0.2, 0.25) is 0 Å². The van der Waals surface area contributed by atoms with Crippen molar-refractivity contribution in [1.29, 1.82) is 0 Å². The lowest BCUT2D eigenvalue weighted by molar-refractivity contribution is -0.384. The quantitative estimate of drug-likeness (QED) is 0.655. The molecule has 0 aliphatic carbocycles. The van der Waals surface area contributed by atoms with Crippen molar-refractivity contribution in [3.63, 3.8) is 0 Å². The molecule has 0 saturated heterocycles. The lowest BCUT2D eigenvalue weighted by Gasteiger charge is -2.24. The molecule has 0 radical (unpaired) electrons. The molecule has 2 N–H and O–H groups in total. The number of hydrogen-bond donors (Lipinski definition) is 1. The lowest BCUT2D eigenvalue weighted by Crippen LogP contribution is -2.29. The zero-order valence-corrected chi connectivity index (χ0v) is 11.4. The Balaban J connectivity index is 2.37. The van der Waals surface area contributed by atoms with Gasteiger partial charge >= 0.3 is 0 Å². The van der Waals surface area contributed by atoms with E-state index in [2.05, 4.69) is 0 Å². The van der Waals surface area contributed by atoms with Gasteiger partial charge in [0.25, 0.3) is 5.69 Å². The fourth-order valence-electron chi connectivity index (χ4n) is 2.15. The first kappa shape index (κ1) is 14.9. The molecule has 0 saturated carbocycles. The maximum absolute atomic E-state index is 13.5. The normalized spacial score (nSPS) is 10.4. The number of hydrogen-bond acceptors (Lipinski definition) is 4. The van der Waals surface area contributed by atoms with Crippen LogP contribution < -0.4 is 10.6 Å². The van der Waals surface area contributed by atoms with Crippen LogP contribution in [0, 0.1) is 15.9 Å². The van der Waals surface area contributed by atoms with Gasteiger partial charge in [-0.1, -0.05) is 30.3 Å². The second-order valence-corrected chi connectivity index (χ2v) is 4.59. The van der Waals surface area contributed by atoms with Crippen LogP contribution in [0.1, 0.15) is 5.56 Å². The molecule has 0 atom stereocenters. The van der Waals surface area contributed by atoms with E-state index < -0.39 is 10.7 Å². The van der Waals surface area contributed by atoms with Crippen molar-refractivity contribution >= 4 is 11.4 Å². The highest BCUT2D eigenvalue weighted by Gasteiger charge is 2.20. The predicted molar refractivity (Wildman–Crippen MR) is 79.6 cm³/mol. The number of nitro groups is 1. The smallest absolute Gasteiger partial charge is 0.292 e. The van der Waals surface area contributed by atoms with Gasteiger partial charge in [0.05, 0.1) is 4.92 Å². The molecule has 0 fully saturated rings. The Morgan fingerprint density at radius 1 is 1.19 bits per heavy atom. The van der Waals surface area contributed by atoms with E-state index in [0.717, 1.165) is 11.6 Å². The van der Waals surface area contributed by atoms with Gasteiger partial charge in [0.15, 0.2) is 0 Å². The zero-order chi connectivity index (χ0) is 15.2. The molecular formula is C15H16FN3O2. The van der Waals surface area contributed by atoms with Gasteiger partial charge < -0.3 is 10.6 Å². The van der Waals surface area contributed by atoms with E-state index in [9.17, 15) is 14.5 Å². The van der Waals surface area contributed by atoms with Gasteiger partial charge in [-0.25, -0.2) is 4.39 Å². The second kappa shape index (κ2) is 6.81. The Labute approximate surface area is 122 Å². The highest BCUT2D eigenvalue weighted by atomic mass is 19.1. The minimum atomic E-state index is -0.511. The average molecular weight is 289 g/mol. The standard InChI is InChI=1S/C15H16FN3O2/c16-13-6-7-14(19(20)21)15(10-13)18(9-8-17)11-12-4-2-1-3-5-12/h1-7,10H,8-9,11,17H2. The van der Waals surface area contributed by atoms with E-state index >= 15 is 0 Å². The van der Waals surface area contributed by atoms with Crippen molar-refractivity contribution in [2.75, 3.05) is 18.0 Å². The van der Waals surface area contributed by atoms with Crippen LogP contribution in [0.5, 0.6) is 0 Å². The van der Waals surface area contributed by atoms with Gasteiger partial charge in [0.1, 0.15) is 11.5 Å². The largest absolute Gasteiger partial charge is 0.360 e. The fourth-order valence-corrected chi connectivity index (χ4v) is 2.15. The summed E-state index contributed by atoms with van der Waals surface area (Å²) in [5.41, 5.74) is 6.68. The molecule has 0 heterocycles. The number of rotatable bonds is 6. The van der Waals surface area contributed by atoms with Crippen LogP contribution >= 0.6 is 0 Å². The van der Waals surface area contributed by atoms with E-state index in [1.807, 2.05) is 30.3 Å². The van der Waals surface area contributed by atoms with Gasteiger partial charge in [-0.2, -0.15) is 0 Å². The van der Waals surface area contributed by atoms with Gasteiger partial charge in [-0.3, -0.25) is 10.1 Å². The molecule has 21 heavy (non-hydrogen) atoms. The van der Waals surface area contributed by atoms with Gasteiger partial charge in [0, 0.05) is 31.8 Å². The maximum Gasteiger partial charge on any atom is 0.292 e. The summed E-state index contributed by atoms with van der Waals surface area (Å²) in [5, 5.41) is 11.1. The number of anilines is 1. The molecule has 0 aliphatic rings. The first-order chi connectivity index (χ1) is 10.1. The Morgan fingerprint density at radius 3 is 2.52 bits per heavy atom. The molecule has 110 valence electrons. The molecule has 5 nitrogen and oxygen atoms in total. The molecule has 2 aromatic carbocycles. The van der Waals surface area contributed by atoms with Crippen LogP contribution in [0.25, 0.3) is 0 Å². The van der Waals surface area contributed by atoms with E-state index in [1.54, 1.807) is 4.90 Å². The minimum Gasteiger partial charge on any atom is -0.360 e. The third-order valence-corrected chi connectivity index (χ3v) is 3.09. The van der Waals surface area contributed by atoms with E-state index in [0.29, 0.717) is 19.6 Å². The molecule has 0 amide bonds. The maximum atomic E-state index is 13.5. The number of nitrogens with zero attached hydrogens (tertiary/aromatic N) is 2. The van der Waals surface area contributed by atoms with Crippen LogP contribution in [0.15, 0.2) is 48.5 Å². The summed E-state index contributed by atoms with van der Waals surface area (Å²) in [5.74, 6) is -0.509. The molecule has 2 aromatic rings. The summed E-state index contributed by atoms with van der Waals surface area (Å²) in [6.07, 6.45) is 0. The summed E-state index contributed by atoms with van der Waals surface area (Å²) in [6, 6.07) is 12.9. The van der Waals surface area contributed by atoms with Crippen molar-refractivity contribution in [3.8, 4) is 0 Å². The van der Waals surface area contributed by atoms with Crippen LogP contribution in [0.4, 0.5) is 15.8 Å². The highest BCUT2D eigenvalue weighted by Crippen LogP contribution is 2.29. The molecule has 0 unspecified atom stereocenters. The number of halogens is 1. The SMILES string of the molecule is NCCN(Cc1ccccc1)c1cc(F)ccc1[N+](=O)[O-]. The predicted octanol–water partition coefficient (Wildman–Crippen LogP) is 2.70. The van der Waals surface area contributed by atoms with E-state index in [-0.39, 0.29) is 11.4 Å². The molecule has 0 spiro atoms. The van der Waals surface area contributed by atoms with Crippen molar-refractivity contribution in [1.82, 2.24) is 0 Å². The summed E-state index contributed by atoms with van der Waals surface area (Å²) >= 11 is 0. The first-order valence-corrected chi connectivity index (χ1v) is 6.54. The number of nitrogens with two attached hydrogens (primary N) is 1. The summed E-state index contributed by atoms with van der Waals surface area (Å²) in [6.45, 7) is 1.15. The Bertz CT molecular complexity index is 620. The lowest BCUT2D eigenvalue weighted by atomic mass is 10.1. The summed E-state index contributed by atoms with van der Waals surface area (Å²) < 4.78 is 13.5. The van der Waals surface area contributed by atoms with Crippen molar-refractivity contribution < 1.29 is 9.31 Å². The monoisotopic (exact) mass is 289 g/mol. The Kier molecular flexibility index (Phi) is 4.84. The van der Waals surface area contributed by atoms with Crippen LogP contribution in [0.3, 0.4) is 0 Å². The molecule has 0 aromatic heterocycles. The number of benzene rings is 2. The van der Waals surface area contributed by atoms with E-state index in [1.165, 1.54) is 12.1 Å². The molecule has 0 aliphatic heterocycles. The molecule has 2 rings (SSSR count). The third kappa shape index (κ3) is 3.76. The van der Waals surface area contributed by atoms with Crippen molar-refractivity contribution in [2.45, 2.75) is 6.54 Å². The average Bonchev–Trinajstić information content (AvgIpc) is 2.47. The molecule has 6 heteroatoms. The third-order valence-electron chi connectivity index (χ3n) is 3.09. The summed E-state index contributed by atoms with van der Waals surface area (Å²) in [4.78, 5) is 12.3. The van der Waals surface area contributed by atoms with Gasteiger partial charge in [-0.15, -0.1) is 0 Å². The molecule has 0 bridgehead atoms. The van der Waals surface area contributed by atoms with Crippen LogP contribution in [-0.4, -0.2) is 18.0 Å². The molecular weight excluding hydrogens is 273 g/mol. The van der Waals surface area contributed by atoms with Crippen molar-refractivity contribution in [2.24, 2.45) is 5.73 Å². The van der Waals surface area contributed by atoms with E-state index in [4.69, 9.17) is 5.73 Å². The van der Waals surface area contributed by atoms with Gasteiger partial charge in [-0.05, 0) is 11.6 Å². The van der Waals surface area contributed by atoms with Crippen LogP contribution in [0.2, 0.25) is 0 Å². The first-order valence-electron chi connectivity index (χ1n) is 6.54. The summed E-state index contributed by atoms with van der Waals surface area (Å²) in [7, 11) is 0. The van der Waals surface area contributed by atoms with Crippen molar-refractivity contribution in [3.05, 3.63) is 70.0 Å². The number of nitro benzene ring substituents is 1. The fraction of sp³-hybridized carbons (Fsp3) is 0.200. The topological polar surface area (TPSA) is 72.4 Å². The van der Waals surface area contributed by atoms with Crippen LogP contribution in [-0.2, 0) is 6.54 Å².